The summed E-state index contributed by atoms with van der Waals surface area (Å²) in [6.07, 6.45) is 3.37. The first-order valence-electron chi connectivity index (χ1n) is 7.66. The van der Waals surface area contributed by atoms with E-state index < -0.39 is 5.97 Å². The number of esters is 1. The molecule has 6 heteroatoms. The van der Waals surface area contributed by atoms with Crippen molar-refractivity contribution in [1.82, 2.24) is 15.0 Å². The van der Waals surface area contributed by atoms with Gasteiger partial charge in [0.05, 0.1) is 25.4 Å². The summed E-state index contributed by atoms with van der Waals surface area (Å²) in [5.74, 6) is -0.778. The third-order valence-corrected chi connectivity index (χ3v) is 3.59. The summed E-state index contributed by atoms with van der Waals surface area (Å²) in [7, 11) is 1.32. The Hall–Kier alpha value is -3.28. The van der Waals surface area contributed by atoms with Crippen LogP contribution in [0.15, 0.2) is 60.8 Å². The molecule has 1 heterocycles. The number of nitrogens with zero attached hydrogens (tertiary/aromatic N) is 3. The van der Waals surface area contributed by atoms with Crippen molar-refractivity contribution in [2.24, 2.45) is 0 Å². The predicted octanol–water partition coefficient (Wildman–Crippen LogP) is 3.18. The lowest BCUT2D eigenvalue weighted by Crippen LogP contribution is -2.04. The summed E-state index contributed by atoms with van der Waals surface area (Å²) in [6.45, 7) is 0.424. The number of ether oxygens (including phenoxy) is 1. The largest absolute Gasteiger partial charge is 0.465 e. The molecule has 0 aliphatic heterocycles. The minimum atomic E-state index is -0.488. The van der Waals surface area contributed by atoms with Crippen LogP contribution in [0.3, 0.4) is 0 Å². The molecule has 0 saturated heterocycles. The van der Waals surface area contributed by atoms with Crippen LogP contribution in [0.25, 0.3) is 11.6 Å². The van der Waals surface area contributed by atoms with E-state index >= 15 is 0 Å². The van der Waals surface area contributed by atoms with Crippen molar-refractivity contribution >= 4 is 17.6 Å². The average Bonchev–Trinajstić information content (AvgIpc) is 3.10. The first-order chi connectivity index (χ1) is 12.2. The van der Waals surface area contributed by atoms with Crippen LogP contribution in [0.4, 0.5) is 4.39 Å². The van der Waals surface area contributed by atoms with Gasteiger partial charge >= 0.3 is 5.97 Å². The molecule has 0 unspecified atom stereocenters. The van der Waals surface area contributed by atoms with Crippen molar-refractivity contribution in [2.45, 2.75) is 6.54 Å². The first kappa shape index (κ1) is 16.6. The second-order valence-electron chi connectivity index (χ2n) is 5.39. The SMILES string of the molecule is COC(=O)C(=Cc1ccccc1)c1cn(Cc2ccc(F)cc2)nn1. The molecule has 0 saturated carbocycles. The van der Waals surface area contributed by atoms with Crippen LogP contribution in [0.5, 0.6) is 0 Å². The van der Waals surface area contributed by atoms with E-state index in [2.05, 4.69) is 10.3 Å². The molecule has 0 bridgehead atoms. The number of carbonyl (C=O) groups is 1. The molecule has 0 spiro atoms. The molecule has 2 aromatic carbocycles. The molecule has 1 aromatic heterocycles. The molecule has 0 atom stereocenters. The Labute approximate surface area is 144 Å². The van der Waals surface area contributed by atoms with Gasteiger partial charge in [-0.25, -0.2) is 13.9 Å². The Balaban J connectivity index is 1.87. The maximum Gasteiger partial charge on any atom is 0.340 e. The van der Waals surface area contributed by atoms with Gasteiger partial charge in [0.15, 0.2) is 0 Å². The summed E-state index contributed by atoms with van der Waals surface area (Å²) in [5, 5.41) is 8.10. The van der Waals surface area contributed by atoms with E-state index in [9.17, 15) is 9.18 Å². The molecule has 0 amide bonds. The Kier molecular flexibility index (Phi) is 4.99. The summed E-state index contributed by atoms with van der Waals surface area (Å²) in [5.41, 5.74) is 2.47. The van der Waals surface area contributed by atoms with Crippen LogP contribution in [-0.2, 0) is 16.1 Å². The number of hydrogen-bond acceptors (Lipinski definition) is 4. The summed E-state index contributed by atoms with van der Waals surface area (Å²) < 4.78 is 19.4. The third kappa shape index (κ3) is 4.17. The van der Waals surface area contributed by atoms with Crippen LogP contribution in [0.2, 0.25) is 0 Å². The highest BCUT2D eigenvalue weighted by Crippen LogP contribution is 2.18. The molecule has 0 fully saturated rings. The smallest absolute Gasteiger partial charge is 0.340 e. The van der Waals surface area contributed by atoms with Gasteiger partial charge in [0.2, 0.25) is 0 Å². The molecule has 126 valence electrons. The minimum absolute atomic E-state index is 0.290. The van der Waals surface area contributed by atoms with Crippen LogP contribution in [0, 0.1) is 5.82 Å². The summed E-state index contributed by atoms with van der Waals surface area (Å²) in [4.78, 5) is 12.1. The molecule has 3 aromatic rings. The number of methoxy groups -OCH3 is 1. The Morgan fingerprint density at radius 3 is 2.56 bits per heavy atom. The van der Waals surface area contributed by atoms with Crippen LogP contribution < -0.4 is 0 Å². The van der Waals surface area contributed by atoms with Gasteiger partial charge in [-0.05, 0) is 29.3 Å². The number of rotatable bonds is 5. The molecule has 5 nitrogen and oxygen atoms in total. The van der Waals surface area contributed by atoms with Gasteiger partial charge < -0.3 is 4.74 Å². The fourth-order valence-corrected chi connectivity index (χ4v) is 2.34. The number of carbonyl (C=O) groups excluding carboxylic acids is 1. The lowest BCUT2D eigenvalue weighted by Gasteiger charge is -2.02. The second-order valence-corrected chi connectivity index (χ2v) is 5.39. The van der Waals surface area contributed by atoms with Crippen molar-refractivity contribution < 1.29 is 13.9 Å². The number of aromatic nitrogens is 3. The van der Waals surface area contributed by atoms with Gasteiger partial charge in [-0.2, -0.15) is 0 Å². The lowest BCUT2D eigenvalue weighted by molar-refractivity contribution is -0.133. The molecular formula is C19H16FN3O2. The summed E-state index contributed by atoms with van der Waals surface area (Å²) >= 11 is 0. The normalized spacial score (nSPS) is 11.4. The standard InChI is InChI=1S/C19H16FN3O2/c1-25-19(24)17(11-14-5-3-2-4-6-14)18-13-23(22-21-18)12-15-7-9-16(20)10-8-15/h2-11,13H,12H2,1H3. The molecule has 25 heavy (non-hydrogen) atoms. The van der Waals surface area contributed by atoms with Gasteiger partial charge in [-0.3, -0.25) is 0 Å². The van der Waals surface area contributed by atoms with Crippen molar-refractivity contribution in [3.05, 3.63) is 83.4 Å². The highest BCUT2D eigenvalue weighted by Gasteiger charge is 2.16. The van der Waals surface area contributed by atoms with Crippen molar-refractivity contribution in [1.29, 1.82) is 0 Å². The van der Waals surface area contributed by atoms with Gasteiger partial charge in [0, 0.05) is 0 Å². The summed E-state index contributed by atoms with van der Waals surface area (Å²) in [6, 6.07) is 15.6. The van der Waals surface area contributed by atoms with Crippen molar-refractivity contribution in [3.8, 4) is 0 Å². The predicted molar refractivity (Wildman–Crippen MR) is 91.9 cm³/mol. The fourth-order valence-electron chi connectivity index (χ4n) is 2.34. The van der Waals surface area contributed by atoms with E-state index in [-0.39, 0.29) is 5.82 Å². The maximum absolute atomic E-state index is 13.0. The zero-order chi connectivity index (χ0) is 17.6. The van der Waals surface area contributed by atoms with Crippen LogP contribution in [-0.4, -0.2) is 28.1 Å². The molecule has 0 radical (unpaired) electrons. The van der Waals surface area contributed by atoms with Gasteiger partial charge in [-0.1, -0.05) is 47.7 Å². The van der Waals surface area contributed by atoms with E-state index in [1.54, 1.807) is 29.1 Å². The van der Waals surface area contributed by atoms with E-state index in [1.165, 1.54) is 19.2 Å². The van der Waals surface area contributed by atoms with Gasteiger partial charge in [0.1, 0.15) is 11.5 Å². The zero-order valence-corrected chi connectivity index (χ0v) is 13.6. The minimum Gasteiger partial charge on any atom is -0.465 e. The van der Waals surface area contributed by atoms with E-state index in [1.807, 2.05) is 30.3 Å². The Morgan fingerprint density at radius 2 is 1.88 bits per heavy atom. The van der Waals surface area contributed by atoms with E-state index in [4.69, 9.17) is 4.74 Å². The zero-order valence-electron chi connectivity index (χ0n) is 13.6. The Morgan fingerprint density at radius 1 is 1.16 bits per heavy atom. The van der Waals surface area contributed by atoms with Gasteiger partial charge in [0.25, 0.3) is 0 Å². The van der Waals surface area contributed by atoms with Crippen molar-refractivity contribution in [2.75, 3.05) is 7.11 Å². The number of halogens is 1. The first-order valence-corrected chi connectivity index (χ1v) is 7.66. The molecular weight excluding hydrogens is 321 g/mol. The van der Waals surface area contributed by atoms with Crippen molar-refractivity contribution in [3.63, 3.8) is 0 Å². The molecule has 0 N–H and O–H groups in total. The van der Waals surface area contributed by atoms with Crippen LogP contribution in [0.1, 0.15) is 16.8 Å². The Bertz CT molecular complexity index is 887. The topological polar surface area (TPSA) is 57.0 Å². The molecule has 0 aliphatic carbocycles. The second kappa shape index (κ2) is 7.53. The molecule has 3 rings (SSSR count). The fraction of sp³-hybridized carbons (Fsp3) is 0.105. The number of hydrogen-bond donors (Lipinski definition) is 0. The molecule has 0 aliphatic rings. The monoisotopic (exact) mass is 337 g/mol. The quantitative estimate of drug-likeness (QED) is 0.530. The van der Waals surface area contributed by atoms with E-state index in [0.29, 0.717) is 17.8 Å². The maximum atomic E-state index is 13.0. The lowest BCUT2D eigenvalue weighted by atomic mass is 10.1. The third-order valence-electron chi connectivity index (χ3n) is 3.59. The van der Waals surface area contributed by atoms with Crippen LogP contribution >= 0.6 is 0 Å². The highest BCUT2D eigenvalue weighted by atomic mass is 19.1. The number of benzene rings is 2. The van der Waals surface area contributed by atoms with E-state index in [0.717, 1.165) is 11.1 Å². The van der Waals surface area contributed by atoms with Gasteiger partial charge in [-0.15, -0.1) is 5.10 Å². The average molecular weight is 337 g/mol. The highest BCUT2D eigenvalue weighted by molar-refractivity contribution is 6.20.